The highest BCUT2D eigenvalue weighted by Gasteiger charge is 2.31. The normalized spacial score (nSPS) is 12.6. The molecule has 0 saturated heterocycles. The van der Waals surface area contributed by atoms with Crippen LogP contribution in [0.15, 0.2) is 18.2 Å². The van der Waals surface area contributed by atoms with Crippen LogP contribution in [0.25, 0.3) is 0 Å². The summed E-state index contributed by atoms with van der Waals surface area (Å²) in [5, 5.41) is 20.0. The predicted molar refractivity (Wildman–Crippen MR) is 55.7 cm³/mol. The maximum absolute atomic E-state index is 12.3. The summed E-state index contributed by atoms with van der Waals surface area (Å²) < 4.78 is 36.9. The number of hydrogen-bond donors (Lipinski definition) is 2. The Bertz CT molecular complexity index is 506. The average molecular weight is 258 g/mol. The van der Waals surface area contributed by atoms with Gasteiger partial charge in [-0.1, -0.05) is 0 Å². The lowest BCUT2D eigenvalue weighted by Crippen LogP contribution is -2.31. The van der Waals surface area contributed by atoms with Gasteiger partial charge in [-0.15, -0.1) is 0 Å². The molecule has 18 heavy (non-hydrogen) atoms. The Morgan fingerprint density at radius 2 is 2.11 bits per heavy atom. The molecule has 0 heterocycles. The minimum Gasteiger partial charge on any atom is -0.507 e. The predicted octanol–water partition coefficient (Wildman–Crippen LogP) is 2.05. The number of hydrogen-bond acceptors (Lipinski definition) is 3. The number of phenols is 1. The van der Waals surface area contributed by atoms with Crippen LogP contribution in [-0.4, -0.2) is 17.1 Å². The monoisotopic (exact) mass is 258 g/mol. The molecule has 2 N–H and O–H groups in total. The van der Waals surface area contributed by atoms with Gasteiger partial charge in [0.25, 0.3) is 5.91 Å². The molecule has 0 aliphatic heterocycles. The Kier molecular flexibility index (Phi) is 3.81. The molecule has 0 aliphatic carbocycles. The fraction of sp³-hybridized carbons (Fsp3) is 0.273. The van der Waals surface area contributed by atoms with Gasteiger partial charge in [0, 0.05) is 0 Å². The van der Waals surface area contributed by atoms with E-state index in [9.17, 15) is 23.1 Å². The third kappa shape index (κ3) is 3.13. The number of amides is 1. The Morgan fingerprint density at radius 1 is 1.50 bits per heavy atom. The molecule has 4 nitrogen and oxygen atoms in total. The highest BCUT2D eigenvalue weighted by molar-refractivity contribution is 5.97. The molecular weight excluding hydrogens is 249 g/mol. The fourth-order valence-corrected chi connectivity index (χ4v) is 1.21. The highest BCUT2D eigenvalue weighted by atomic mass is 19.4. The number of benzene rings is 1. The van der Waals surface area contributed by atoms with Crippen molar-refractivity contribution in [2.24, 2.45) is 0 Å². The van der Waals surface area contributed by atoms with E-state index in [1.807, 2.05) is 0 Å². The van der Waals surface area contributed by atoms with E-state index < -0.39 is 29.4 Å². The van der Waals surface area contributed by atoms with Crippen molar-refractivity contribution in [1.82, 2.24) is 5.32 Å². The largest absolute Gasteiger partial charge is 0.507 e. The summed E-state index contributed by atoms with van der Waals surface area (Å²) in [5.74, 6) is -1.59. The zero-order valence-corrected chi connectivity index (χ0v) is 9.25. The van der Waals surface area contributed by atoms with E-state index in [1.165, 1.54) is 6.92 Å². The van der Waals surface area contributed by atoms with Crippen molar-refractivity contribution >= 4 is 5.91 Å². The first-order chi connectivity index (χ1) is 8.25. The second-order valence-corrected chi connectivity index (χ2v) is 3.55. The van der Waals surface area contributed by atoms with Crippen molar-refractivity contribution in [3.63, 3.8) is 0 Å². The number of alkyl halides is 3. The van der Waals surface area contributed by atoms with Gasteiger partial charge in [-0.3, -0.25) is 4.79 Å². The third-order valence-corrected chi connectivity index (χ3v) is 2.11. The lowest BCUT2D eigenvalue weighted by molar-refractivity contribution is -0.137. The second kappa shape index (κ2) is 4.96. The lowest BCUT2D eigenvalue weighted by Gasteiger charge is -2.11. The van der Waals surface area contributed by atoms with Crippen LogP contribution in [0.2, 0.25) is 0 Å². The quantitative estimate of drug-likeness (QED) is 0.852. The number of phenolic OH excluding ortho intramolecular Hbond substituents is 1. The summed E-state index contributed by atoms with van der Waals surface area (Å²) in [7, 11) is 0. The summed E-state index contributed by atoms with van der Waals surface area (Å²) in [6.07, 6.45) is -4.59. The van der Waals surface area contributed by atoms with Gasteiger partial charge in [0.15, 0.2) is 0 Å². The zero-order valence-electron chi connectivity index (χ0n) is 9.25. The first-order valence-electron chi connectivity index (χ1n) is 4.86. The van der Waals surface area contributed by atoms with E-state index in [1.54, 1.807) is 6.07 Å². The van der Waals surface area contributed by atoms with E-state index in [2.05, 4.69) is 5.32 Å². The van der Waals surface area contributed by atoms with Crippen LogP contribution in [0.1, 0.15) is 22.8 Å². The molecular formula is C11H9F3N2O2. The smallest absolute Gasteiger partial charge is 0.416 e. The van der Waals surface area contributed by atoms with Gasteiger partial charge in [-0.05, 0) is 25.1 Å². The van der Waals surface area contributed by atoms with Crippen LogP contribution in [0.5, 0.6) is 5.75 Å². The molecule has 1 atom stereocenters. The van der Waals surface area contributed by atoms with E-state index in [0.29, 0.717) is 12.1 Å². The minimum atomic E-state index is -4.59. The number of rotatable bonds is 2. The van der Waals surface area contributed by atoms with Gasteiger partial charge in [0.05, 0.1) is 17.2 Å². The van der Waals surface area contributed by atoms with E-state index in [0.717, 1.165) is 6.07 Å². The topological polar surface area (TPSA) is 73.1 Å². The van der Waals surface area contributed by atoms with Crippen molar-refractivity contribution in [2.75, 3.05) is 0 Å². The number of carbonyl (C=O) groups is 1. The SMILES string of the molecule is CC(C#N)NC(=O)c1ccc(C(F)(F)F)cc1O. The second-order valence-electron chi connectivity index (χ2n) is 3.55. The lowest BCUT2D eigenvalue weighted by atomic mass is 10.1. The zero-order chi connectivity index (χ0) is 13.9. The van der Waals surface area contributed by atoms with Crippen molar-refractivity contribution in [1.29, 1.82) is 5.26 Å². The molecule has 96 valence electrons. The molecule has 1 rings (SSSR count). The number of aromatic hydroxyl groups is 1. The Balaban J connectivity index is 3.00. The maximum Gasteiger partial charge on any atom is 0.416 e. The molecule has 0 aromatic heterocycles. The van der Waals surface area contributed by atoms with Crippen molar-refractivity contribution < 1.29 is 23.1 Å². The van der Waals surface area contributed by atoms with Gasteiger partial charge < -0.3 is 10.4 Å². The number of halogens is 3. The molecule has 1 aromatic rings. The summed E-state index contributed by atoms with van der Waals surface area (Å²) in [6, 6.07) is 2.93. The third-order valence-electron chi connectivity index (χ3n) is 2.11. The summed E-state index contributed by atoms with van der Waals surface area (Å²) in [5.41, 5.74) is -1.37. The molecule has 0 aliphatic rings. The maximum atomic E-state index is 12.3. The molecule has 0 spiro atoms. The van der Waals surface area contributed by atoms with Crippen molar-refractivity contribution in [3.05, 3.63) is 29.3 Å². The van der Waals surface area contributed by atoms with Crippen LogP contribution >= 0.6 is 0 Å². The Hall–Kier alpha value is -2.23. The molecule has 0 radical (unpaired) electrons. The van der Waals surface area contributed by atoms with Gasteiger partial charge in [-0.2, -0.15) is 18.4 Å². The van der Waals surface area contributed by atoms with E-state index in [4.69, 9.17) is 5.26 Å². The molecule has 0 fully saturated rings. The molecule has 7 heteroatoms. The first-order valence-corrected chi connectivity index (χ1v) is 4.86. The molecule has 0 saturated carbocycles. The standard InChI is InChI=1S/C11H9F3N2O2/c1-6(5-15)16-10(18)8-3-2-7(4-9(8)17)11(12,13)14/h2-4,6,17H,1H3,(H,16,18). The van der Waals surface area contributed by atoms with Gasteiger partial charge >= 0.3 is 6.18 Å². The molecule has 1 aromatic carbocycles. The van der Waals surface area contributed by atoms with E-state index >= 15 is 0 Å². The number of nitriles is 1. The van der Waals surface area contributed by atoms with Crippen LogP contribution in [0.4, 0.5) is 13.2 Å². The minimum absolute atomic E-state index is 0.315. The Morgan fingerprint density at radius 3 is 2.56 bits per heavy atom. The number of carbonyl (C=O) groups excluding carboxylic acids is 1. The first kappa shape index (κ1) is 13.8. The van der Waals surface area contributed by atoms with Gasteiger partial charge in [-0.25, -0.2) is 0 Å². The van der Waals surface area contributed by atoms with Crippen LogP contribution in [0, 0.1) is 11.3 Å². The molecule has 1 unspecified atom stereocenters. The average Bonchev–Trinajstić information content (AvgIpc) is 2.27. The van der Waals surface area contributed by atoms with Crippen LogP contribution in [-0.2, 0) is 6.18 Å². The molecule has 0 bridgehead atoms. The molecule has 1 amide bonds. The summed E-state index contributed by atoms with van der Waals surface area (Å²) in [6.45, 7) is 1.40. The highest BCUT2D eigenvalue weighted by Crippen LogP contribution is 2.32. The van der Waals surface area contributed by atoms with Gasteiger partial charge in [0.2, 0.25) is 0 Å². The van der Waals surface area contributed by atoms with E-state index in [-0.39, 0.29) is 5.56 Å². The number of nitrogens with one attached hydrogen (secondary N) is 1. The summed E-state index contributed by atoms with van der Waals surface area (Å²) >= 11 is 0. The fourth-order valence-electron chi connectivity index (χ4n) is 1.21. The van der Waals surface area contributed by atoms with Crippen LogP contribution in [0.3, 0.4) is 0 Å². The van der Waals surface area contributed by atoms with Crippen LogP contribution < -0.4 is 5.32 Å². The number of nitrogens with zero attached hydrogens (tertiary/aromatic N) is 1. The van der Waals surface area contributed by atoms with Crippen molar-refractivity contribution in [2.45, 2.75) is 19.1 Å². The van der Waals surface area contributed by atoms with Crippen molar-refractivity contribution in [3.8, 4) is 11.8 Å². The van der Waals surface area contributed by atoms with Gasteiger partial charge in [0.1, 0.15) is 11.8 Å². The Labute approximate surface area is 101 Å². The summed E-state index contributed by atoms with van der Waals surface area (Å²) in [4.78, 5) is 11.5.